The minimum atomic E-state index is 0.565. The van der Waals surface area contributed by atoms with Gasteiger partial charge in [-0.2, -0.15) is 0 Å². The number of hydrogen-bond donors (Lipinski definition) is 1. The summed E-state index contributed by atoms with van der Waals surface area (Å²) < 4.78 is 0. The molecule has 0 aromatic heterocycles. The third kappa shape index (κ3) is 3.44. The first-order valence-corrected chi connectivity index (χ1v) is 6.46. The third-order valence-corrected chi connectivity index (χ3v) is 3.92. The van der Waals surface area contributed by atoms with E-state index in [-0.39, 0.29) is 0 Å². The van der Waals surface area contributed by atoms with Gasteiger partial charge in [-0.1, -0.05) is 12.8 Å². The average molecular weight is 211 g/mol. The highest BCUT2D eigenvalue weighted by Gasteiger charge is 2.24. The highest BCUT2D eigenvalue weighted by Crippen LogP contribution is 2.32. The highest BCUT2D eigenvalue weighted by molar-refractivity contribution is 4.79. The van der Waals surface area contributed by atoms with Gasteiger partial charge in [-0.3, -0.25) is 4.90 Å². The fraction of sp³-hybridized carbons (Fsp3) is 1.00. The molecule has 1 aliphatic heterocycles. The van der Waals surface area contributed by atoms with E-state index in [0.717, 1.165) is 12.5 Å². The van der Waals surface area contributed by atoms with Crippen LogP contribution in [-0.2, 0) is 0 Å². The number of rotatable bonds is 5. The fourth-order valence-electron chi connectivity index (χ4n) is 2.35. The molecular formula is C12H25N3. The van der Waals surface area contributed by atoms with Gasteiger partial charge < -0.3 is 10.6 Å². The van der Waals surface area contributed by atoms with Gasteiger partial charge in [0.05, 0.1) is 0 Å². The van der Waals surface area contributed by atoms with Crippen molar-refractivity contribution in [1.29, 1.82) is 0 Å². The largest absolute Gasteiger partial charge is 0.329 e. The topological polar surface area (TPSA) is 32.5 Å². The fourth-order valence-corrected chi connectivity index (χ4v) is 2.35. The summed E-state index contributed by atoms with van der Waals surface area (Å²) in [5.74, 6) is 1.07. The molecule has 1 atom stereocenters. The average Bonchev–Trinajstić information content (AvgIpc) is 3.10. The zero-order valence-electron chi connectivity index (χ0n) is 9.99. The molecule has 2 aliphatic rings. The van der Waals surface area contributed by atoms with E-state index in [1.165, 1.54) is 52.0 Å². The molecule has 0 spiro atoms. The van der Waals surface area contributed by atoms with E-state index in [2.05, 4.69) is 16.7 Å². The van der Waals surface area contributed by atoms with Gasteiger partial charge in [-0.25, -0.2) is 0 Å². The summed E-state index contributed by atoms with van der Waals surface area (Å²) in [6.07, 6.45) is 4.42. The molecule has 3 nitrogen and oxygen atoms in total. The Hall–Kier alpha value is -0.120. The van der Waals surface area contributed by atoms with Crippen molar-refractivity contribution in [2.24, 2.45) is 11.7 Å². The molecule has 0 aromatic carbocycles. The first kappa shape index (κ1) is 11.4. The second-order valence-corrected chi connectivity index (χ2v) is 5.19. The van der Waals surface area contributed by atoms with E-state index in [1.807, 2.05) is 0 Å². The number of piperazine rings is 1. The van der Waals surface area contributed by atoms with Crippen LogP contribution in [0, 0.1) is 5.92 Å². The summed E-state index contributed by atoms with van der Waals surface area (Å²) in [7, 11) is 0. The first-order chi connectivity index (χ1) is 7.29. The molecule has 0 aromatic rings. The Morgan fingerprint density at radius 3 is 2.40 bits per heavy atom. The second kappa shape index (κ2) is 5.28. The molecule has 1 saturated heterocycles. The molecule has 1 heterocycles. The van der Waals surface area contributed by atoms with Gasteiger partial charge in [0.15, 0.2) is 0 Å². The Labute approximate surface area is 93.6 Å². The van der Waals surface area contributed by atoms with Crippen LogP contribution in [0.15, 0.2) is 0 Å². The van der Waals surface area contributed by atoms with Crippen LogP contribution in [0.5, 0.6) is 0 Å². The van der Waals surface area contributed by atoms with Crippen LogP contribution < -0.4 is 5.73 Å². The van der Waals surface area contributed by atoms with Gasteiger partial charge in [0.25, 0.3) is 0 Å². The van der Waals surface area contributed by atoms with E-state index in [1.54, 1.807) is 0 Å². The zero-order chi connectivity index (χ0) is 10.7. The maximum Gasteiger partial charge on any atom is 0.0191 e. The summed E-state index contributed by atoms with van der Waals surface area (Å²) in [4.78, 5) is 5.14. The molecule has 1 saturated carbocycles. The predicted molar refractivity (Wildman–Crippen MR) is 63.9 cm³/mol. The summed E-state index contributed by atoms with van der Waals surface area (Å²) in [6.45, 7) is 9.28. The van der Waals surface area contributed by atoms with Crippen LogP contribution in [0.25, 0.3) is 0 Å². The molecule has 88 valence electrons. The zero-order valence-corrected chi connectivity index (χ0v) is 9.99. The molecule has 2 fully saturated rings. The summed E-state index contributed by atoms with van der Waals surface area (Å²) >= 11 is 0. The van der Waals surface area contributed by atoms with Crippen molar-refractivity contribution in [1.82, 2.24) is 9.80 Å². The molecule has 0 bridgehead atoms. The molecule has 15 heavy (non-hydrogen) atoms. The maximum atomic E-state index is 5.69. The Morgan fingerprint density at radius 1 is 1.20 bits per heavy atom. The van der Waals surface area contributed by atoms with Crippen molar-refractivity contribution in [2.45, 2.75) is 32.2 Å². The SMILES string of the molecule is CC(CN)N1CCN(CCC2CC2)CC1. The molecule has 2 N–H and O–H groups in total. The number of nitrogens with zero attached hydrogens (tertiary/aromatic N) is 2. The summed E-state index contributed by atoms with van der Waals surface area (Å²) in [5, 5.41) is 0. The minimum absolute atomic E-state index is 0.565. The normalized spacial score (nSPS) is 26.8. The van der Waals surface area contributed by atoms with Gasteiger partial charge in [0.1, 0.15) is 0 Å². The Bertz CT molecular complexity index is 183. The smallest absolute Gasteiger partial charge is 0.0191 e. The third-order valence-electron chi connectivity index (χ3n) is 3.92. The summed E-state index contributed by atoms with van der Waals surface area (Å²) in [5.41, 5.74) is 5.69. The molecule has 0 radical (unpaired) electrons. The van der Waals surface area contributed by atoms with Gasteiger partial charge in [0.2, 0.25) is 0 Å². The lowest BCUT2D eigenvalue weighted by molar-refractivity contribution is 0.103. The van der Waals surface area contributed by atoms with Crippen molar-refractivity contribution in [3.63, 3.8) is 0 Å². The van der Waals surface area contributed by atoms with Crippen LogP contribution in [0.4, 0.5) is 0 Å². The van der Waals surface area contributed by atoms with E-state index in [4.69, 9.17) is 5.73 Å². The highest BCUT2D eigenvalue weighted by atomic mass is 15.3. The molecular weight excluding hydrogens is 186 g/mol. The predicted octanol–water partition coefficient (Wildman–Crippen LogP) is 0.751. The van der Waals surface area contributed by atoms with Crippen molar-refractivity contribution in [2.75, 3.05) is 39.3 Å². The minimum Gasteiger partial charge on any atom is -0.329 e. The Balaban J connectivity index is 1.62. The lowest BCUT2D eigenvalue weighted by atomic mass is 10.2. The van der Waals surface area contributed by atoms with Crippen LogP contribution in [0.3, 0.4) is 0 Å². The number of nitrogens with two attached hydrogens (primary N) is 1. The Kier molecular flexibility index (Phi) is 4.00. The van der Waals surface area contributed by atoms with Gasteiger partial charge in [0, 0.05) is 38.8 Å². The van der Waals surface area contributed by atoms with Crippen LogP contribution in [0.2, 0.25) is 0 Å². The summed E-state index contributed by atoms with van der Waals surface area (Å²) in [6, 6.07) is 0.565. The van der Waals surface area contributed by atoms with Crippen molar-refractivity contribution >= 4 is 0 Å². The van der Waals surface area contributed by atoms with Crippen molar-refractivity contribution in [3.05, 3.63) is 0 Å². The molecule has 3 heteroatoms. The van der Waals surface area contributed by atoms with Gasteiger partial charge in [-0.15, -0.1) is 0 Å². The molecule has 1 unspecified atom stereocenters. The van der Waals surface area contributed by atoms with E-state index in [9.17, 15) is 0 Å². The number of hydrogen-bond acceptors (Lipinski definition) is 3. The monoisotopic (exact) mass is 211 g/mol. The molecule has 1 aliphatic carbocycles. The molecule has 0 amide bonds. The van der Waals surface area contributed by atoms with Crippen molar-refractivity contribution in [3.8, 4) is 0 Å². The van der Waals surface area contributed by atoms with Gasteiger partial charge >= 0.3 is 0 Å². The van der Waals surface area contributed by atoms with Crippen LogP contribution in [-0.4, -0.2) is 55.1 Å². The van der Waals surface area contributed by atoms with E-state index >= 15 is 0 Å². The quantitative estimate of drug-likeness (QED) is 0.728. The first-order valence-electron chi connectivity index (χ1n) is 6.46. The molecule has 2 rings (SSSR count). The lowest BCUT2D eigenvalue weighted by Crippen LogP contribution is -2.51. The van der Waals surface area contributed by atoms with Crippen LogP contribution >= 0.6 is 0 Å². The Morgan fingerprint density at radius 2 is 1.87 bits per heavy atom. The van der Waals surface area contributed by atoms with Gasteiger partial charge in [-0.05, 0) is 25.8 Å². The van der Waals surface area contributed by atoms with Crippen molar-refractivity contribution < 1.29 is 0 Å². The van der Waals surface area contributed by atoms with E-state index < -0.39 is 0 Å². The van der Waals surface area contributed by atoms with Crippen LogP contribution in [0.1, 0.15) is 26.2 Å². The second-order valence-electron chi connectivity index (χ2n) is 5.19. The maximum absolute atomic E-state index is 5.69. The van der Waals surface area contributed by atoms with E-state index in [0.29, 0.717) is 6.04 Å². The standard InChI is InChI=1S/C12H25N3/c1-11(10-13)15-8-6-14(7-9-15)5-4-12-2-3-12/h11-12H,2-10,13H2,1H3. The lowest BCUT2D eigenvalue weighted by Gasteiger charge is -2.37.